The maximum absolute atomic E-state index is 4.49. The molecule has 2 rings (SSSR count). The molecule has 94 valence electrons. The van der Waals surface area contributed by atoms with Gasteiger partial charge in [-0.2, -0.15) is 4.98 Å². The van der Waals surface area contributed by atoms with Crippen LogP contribution in [0.25, 0.3) is 10.9 Å². The van der Waals surface area contributed by atoms with Crippen LogP contribution in [0.4, 0.5) is 11.8 Å². The van der Waals surface area contributed by atoms with Gasteiger partial charge in [-0.1, -0.05) is 17.7 Å². The Morgan fingerprint density at radius 2 is 2.11 bits per heavy atom. The van der Waals surface area contributed by atoms with E-state index in [4.69, 9.17) is 0 Å². The molecule has 0 fully saturated rings. The van der Waals surface area contributed by atoms with Crippen LogP contribution in [0, 0.1) is 6.92 Å². The van der Waals surface area contributed by atoms with E-state index in [1.54, 1.807) is 6.08 Å². The number of aromatic nitrogens is 2. The first kappa shape index (κ1) is 12.4. The Morgan fingerprint density at radius 1 is 1.28 bits per heavy atom. The van der Waals surface area contributed by atoms with Crippen molar-refractivity contribution in [1.82, 2.24) is 9.97 Å². The standard InChI is InChI=1S/C14H18N4/c1-4-8-16-14-17-12-7-6-10(3)9-11(12)13(18-14)15-5-2/h4,6-7,9H,1,5,8H2,2-3H3,(H2,15,16,17,18). The normalized spacial score (nSPS) is 10.3. The van der Waals surface area contributed by atoms with Crippen LogP contribution in [0.15, 0.2) is 30.9 Å². The highest BCUT2D eigenvalue weighted by Gasteiger charge is 2.06. The fourth-order valence-electron chi connectivity index (χ4n) is 1.79. The van der Waals surface area contributed by atoms with Gasteiger partial charge in [0.15, 0.2) is 0 Å². The van der Waals surface area contributed by atoms with Gasteiger partial charge in [0.2, 0.25) is 5.95 Å². The smallest absolute Gasteiger partial charge is 0.225 e. The Balaban J connectivity index is 2.51. The number of nitrogens with one attached hydrogen (secondary N) is 2. The minimum Gasteiger partial charge on any atom is -0.370 e. The van der Waals surface area contributed by atoms with Gasteiger partial charge in [0.25, 0.3) is 0 Å². The average molecular weight is 242 g/mol. The summed E-state index contributed by atoms with van der Waals surface area (Å²) < 4.78 is 0. The van der Waals surface area contributed by atoms with Crippen LogP contribution in [0.1, 0.15) is 12.5 Å². The fourth-order valence-corrected chi connectivity index (χ4v) is 1.79. The van der Waals surface area contributed by atoms with Gasteiger partial charge in [-0.15, -0.1) is 6.58 Å². The van der Waals surface area contributed by atoms with E-state index in [0.717, 1.165) is 23.3 Å². The molecule has 0 aliphatic heterocycles. The number of hydrogen-bond acceptors (Lipinski definition) is 4. The molecule has 1 aromatic carbocycles. The van der Waals surface area contributed by atoms with Gasteiger partial charge < -0.3 is 10.6 Å². The van der Waals surface area contributed by atoms with Gasteiger partial charge in [-0.05, 0) is 26.0 Å². The van der Waals surface area contributed by atoms with Crippen LogP contribution < -0.4 is 10.6 Å². The fraction of sp³-hybridized carbons (Fsp3) is 0.286. The number of nitrogens with zero attached hydrogens (tertiary/aromatic N) is 2. The molecule has 0 unspecified atom stereocenters. The Morgan fingerprint density at radius 3 is 2.83 bits per heavy atom. The lowest BCUT2D eigenvalue weighted by Crippen LogP contribution is -2.07. The third-order valence-corrected chi connectivity index (χ3v) is 2.60. The summed E-state index contributed by atoms with van der Waals surface area (Å²) in [5, 5.41) is 7.45. The number of hydrogen-bond donors (Lipinski definition) is 2. The van der Waals surface area contributed by atoms with Crippen molar-refractivity contribution >= 4 is 22.7 Å². The molecule has 0 aliphatic carbocycles. The molecule has 2 N–H and O–H groups in total. The highest BCUT2D eigenvalue weighted by Crippen LogP contribution is 2.23. The van der Waals surface area contributed by atoms with Crippen molar-refractivity contribution in [2.24, 2.45) is 0 Å². The minimum absolute atomic E-state index is 0.627. The second-order valence-corrected chi connectivity index (χ2v) is 4.12. The zero-order chi connectivity index (χ0) is 13.0. The van der Waals surface area contributed by atoms with Gasteiger partial charge in [-0.3, -0.25) is 0 Å². The molecule has 0 spiro atoms. The molecule has 0 saturated heterocycles. The highest BCUT2D eigenvalue weighted by atomic mass is 15.1. The number of aryl methyl sites for hydroxylation is 1. The van der Waals surface area contributed by atoms with E-state index in [0.29, 0.717) is 12.5 Å². The molecule has 0 aliphatic rings. The minimum atomic E-state index is 0.627. The summed E-state index contributed by atoms with van der Waals surface area (Å²) in [7, 11) is 0. The monoisotopic (exact) mass is 242 g/mol. The molecule has 1 heterocycles. The zero-order valence-electron chi connectivity index (χ0n) is 10.8. The van der Waals surface area contributed by atoms with Crippen LogP contribution >= 0.6 is 0 Å². The maximum Gasteiger partial charge on any atom is 0.225 e. The summed E-state index contributed by atoms with van der Waals surface area (Å²) in [5.41, 5.74) is 2.15. The van der Waals surface area contributed by atoms with Crippen LogP contribution in [0.2, 0.25) is 0 Å². The van der Waals surface area contributed by atoms with E-state index in [-0.39, 0.29) is 0 Å². The van der Waals surface area contributed by atoms with Crippen molar-refractivity contribution in [1.29, 1.82) is 0 Å². The lowest BCUT2D eigenvalue weighted by atomic mass is 10.1. The topological polar surface area (TPSA) is 49.8 Å². The molecule has 4 heteroatoms. The van der Waals surface area contributed by atoms with Crippen molar-refractivity contribution in [2.75, 3.05) is 23.7 Å². The third kappa shape index (κ3) is 2.59. The summed E-state index contributed by atoms with van der Waals surface area (Å²) in [6, 6.07) is 6.18. The van der Waals surface area contributed by atoms with Crippen molar-refractivity contribution in [3.63, 3.8) is 0 Å². The summed E-state index contributed by atoms with van der Waals surface area (Å²) in [5.74, 6) is 1.50. The number of anilines is 2. The lowest BCUT2D eigenvalue weighted by Gasteiger charge is -2.10. The number of benzene rings is 1. The first-order chi connectivity index (χ1) is 8.74. The van der Waals surface area contributed by atoms with Gasteiger partial charge in [0.1, 0.15) is 5.82 Å². The van der Waals surface area contributed by atoms with Gasteiger partial charge in [0, 0.05) is 18.5 Å². The van der Waals surface area contributed by atoms with Crippen molar-refractivity contribution in [3.8, 4) is 0 Å². The zero-order valence-corrected chi connectivity index (χ0v) is 10.8. The maximum atomic E-state index is 4.49. The van der Waals surface area contributed by atoms with Crippen LogP contribution in [-0.4, -0.2) is 23.1 Å². The molecule has 0 saturated carbocycles. The van der Waals surface area contributed by atoms with E-state index in [1.807, 2.05) is 6.07 Å². The Hall–Kier alpha value is -2.10. The summed E-state index contributed by atoms with van der Waals surface area (Å²) in [6.45, 7) is 9.29. The largest absolute Gasteiger partial charge is 0.370 e. The predicted molar refractivity (Wildman–Crippen MR) is 77.1 cm³/mol. The molecule has 0 bridgehead atoms. The second kappa shape index (κ2) is 5.49. The van der Waals surface area contributed by atoms with Crippen LogP contribution in [0.5, 0.6) is 0 Å². The highest BCUT2D eigenvalue weighted by molar-refractivity contribution is 5.90. The second-order valence-electron chi connectivity index (χ2n) is 4.12. The Labute approximate surface area is 107 Å². The lowest BCUT2D eigenvalue weighted by molar-refractivity contribution is 1.12. The van der Waals surface area contributed by atoms with Crippen LogP contribution in [0.3, 0.4) is 0 Å². The van der Waals surface area contributed by atoms with Crippen molar-refractivity contribution < 1.29 is 0 Å². The average Bonchev–Trinajstić information content (AvgIpc) is 2.37. The van der Waals surface area contributed by atoms with Crippen LogP contribution in [-0.2, 0) is 0 Å². The van der Waals surface area contributed by atoms with Gasteiger partial charge >= 0.3 is 0 Å². The van der Waals surface area contributed by atoms with Gasteiger partial charge in [0.05, 0.1) is 5.52 Å². The van der Waals surface area contributed by atoms with Gasteiger partial charge in [-0.25, -0.2) is 4.98 Å². The number of rotatable bonds is 5. The summed E-state index contributed by atoms with van der Waals surface area (Å²) in [6.07, 6.45) is 1.79. The van der Waals surface area contributed by atoms with E-state index < -0.39 is 0 Å². The Kier molecular flexibility index (Phi) is 3.77. The first-order valence-corrected chi connectivity index (χ1v) is 6.11. The Bertz CT molecular complexity index is 563. The molecule has 0 radical (unpaired) electrons. The SMILES string of the molecule is C=CCNc1nc(NCC)c2cc(C)ccc2n1. The van der Waals surface area contributed by atoms with E-state index in [2.05, 4.69) is 53.2 Å². The summed E-state index contributed by atoms with van der Waals surface area (Å²) in [4.78, 5) is 8.97. The first-order valence-electron chi connectivity index (χ1n) is 6.11. The predicted octanol–water partition coefficient (Wildman–Crippen LogP) is 2.97. The van der Waals surface area contributed by atoms with Crippen molar-refractivity contribution in [2.45, 2.75) is 13.8 Å². The van der Waals surface area contributed by atoms with Crippen molar-refractivity contribution in [3.05, 3.63) is 36.4 Å². The third-order valence-electron chi connectivity index (χ3n) is 2.60. The molecular formula is C14H18N4. The molecule has 4 nitrogen and oxygen atoms in total. The molecule has 2 aromatic rings. The molecule has 18 heavy (non-hydrogen) atoms. The quantitative estimate of drug-likeness (QED) is 0.791. The molecule has 1 aromatic heterocycles. The molecular weight excluding hydrogens is 224 g/mol. The van der Waals surface area contributed by atoms with E-state index in [9.17, 15) is 0 Å². The molecule has 0 amide bonds. The van der Waals surface area contributed by atoms with E-state index in [1.165, 1.54) is 5.56 Å². The summed E-state index contributed by atoms with van der Waals surface area (Å²) >= 11 is 0. The number of fused-ring (bicyclic) bond motifs is 1. The molecule has 0 atom stereocenters. The van der Waals surface area contributed by atoms with E-state index >= 15 is 0 Å².